The van der Waals surface area contributed by atoms with Gasteiger partial charge in [0.15, 0.2) is 5.79 Å². The quantitative estimate of drug-likeness (QED) is 0.477. The average Bonchev–Trinajstić information content (AvgIpc) is 3.18. The maximum absolute atomic E-state index is 6.76. The van der Waals surface area contributed by atoms with Gasteiger partial charge in [-0.1, -0.05) is 44.8 Å². The predicted molar refractivity (Wildman–Crippen MR) is 118 cm³/mol. The SMILES string of the molecule is CCCCCCO[C@@]12C[C@@H]1C[C@H]1[C@@H]3CCC4=C(CCC5(C4)OCCO5)C3=CC[C@@]12C. The van der Waals surface area contributed by atoms with E-state index in [0.717, 1.165) is 56.8 Å². The minimum atomic E-state index is -0.278. The minimum absolute atomic E-state index is 0.211. The van der Waals surface area contributed by atoms with Crippen LogP contribution in [0.4, 0.5) is 0 Å². The molecule has 0 aromatic carbocycles. The summed E-state index contributed by atoms with van der Waals surface area (Å²) in [5.41, 5.74) is 5.66. The number of fused-ring (bicyclic) bond motifs is 6. The van der Waals surface area contributed by atoms with E-state index in [0.29, 0.717) is 5.41 Å². The van der Waals surface area contributed by atoms with Crippen molar-refractivity contribution in [2.24, 2.45) is 23.2 Å². The molecule has 1 spiro atoms. The number of unbranched alkanes of at least 4 members (excludes halogenated alkanes) is 3. The zero-order chi connectivity index (χ0) is 20.4. The fraction of sp³-hybridized carbons (Fsp3) is 0.852. The molecule has 3 nitrogen and oxygen atoms in total. The molecule has 166 valence electrons. The van der Waals surface area contributed by atoms with Crippen molar-refractivity contribution in [3.8, 4) is 0 Å². The normalized spacial score (nSPS) is 43.1. The van der Waals surface area contributed by atoms with Gasteiger partial charge in [0, 0.05) is 24.9 Å². The first-order valence-corrected chi connectivity index (χ1v) is 12.9. The van der Waals surface area contributed by atoms with Crippen LogP contribution in [0.25, 0.3) is 0 Å². The molecule has 3 heteroatoms. The van der Waals surface area contributed by atoms with Gasteiger partial charge in [-0.25, -0.2) is 0 Å². The second-order valence-corrected chi connectivity index (χ2v) is 11.3. The Morgan fingerprint density at radius 2 is 2.00 bits per heavy atom. The van der Waals surface area contributed by atoms with Crippen molar-refractivity contribution < 1.29 is 14.2 Å². The van der Waals surface area contributed by atoms with Crippen LogP contribution in [-0.4, -0.2) is 31.2 Å². The molecule has 1 saturated heterocycles. The Hall–Kier alpha value is -0.640. The van der Waals surface area contributed by atoms with E-state index in [1.807, 2.05) is 0 Å². The monoisotopic (exact) mass is 412 g/mol. The molecular weight excluding hydrogens is 372 g/mol. The van der Waals surface area contributed by atoms with Gasteiger partial charge in [0.2, 0.25) is 0 Å². The molecule has 1 aliphatic heterocycles. The fourth-order valence-corrected chi connectivity index (χ4v) is 8.29. The summed E-state index contributed by atoms with van der Waals surface area (Å²) in [4.78, 5) is 0. The summed E-state index contributed by atoms with van der Waals surface area (Å²) >= 11 is 0. The van der Waals surface area contributed by atoms with Gasteiger partial charge in [-0.15, -0.1) is 0 Å². The van der Waals surface area contributed by atoms with Crippen molar-refractivity contribution in [1.82, 2.24) is 0 Å². The smallest absolute Gasteiger partial charge is 0.172 e. The maximum Gasteiger partial charge on any atom is 0.172 e. The Labute approximate surface area is 182 Å². The molecule has 0 amide bonds. The molecule has 2 saturated carbocycles. The lowest BCUT2D eigenvalue weighted by Crippen LogP contribution is -2.46. The standard InChI is InChI=1S/C27H40O3/c1-3-4-5-6-13-30-27-18-20(27)16-24-23-8-7-19-17-26(28-14-15-29-26)12-10-21(19)22(23)9-11-25(24,27)2/h9,20,23-24H,3-8,10-18H2,1-2H3/t20-,23+,24-,25-,27-/m0/s1. The van der Waals surface area contributed by atoms with E-state index in [1.165, 1.54) is 57.8 Å². The largest absolute Gasteiger partial charge is 0.374 e. The Kier molecular flexibility index (Phi) is 4.79. The van der Waals surface area contributed by atoms with Crippen molar-refractivity contribution in [2.45, 2.75) is 102 Å². The molecule has 0 aromatic heterocycles. The molecule has 0 N–H and O–H groups in total. The Balaban J connectivity index is 1.20. The van der Waals surface area contributed by atoms with Crippen LogP contribution in [0.15, 0.2) is 22.8 Å². The van der Waals surface area contributed by atoms with Crippen LogP contribution in [0, 0.1) is 23.2 Å². The van der Waals surface area contributed by atoms with E-state index < -0.39 is 0 Å². The lowest BCUT2D eigenvalue weighted by molar-refractivity contribution is -0.164. The molecule has 1 heterocycles. The van der Waals surface area contributed by atoms with E-state index in [4.69, 9.17) is 14.2 Å². The summed E-state index contributed by atoms with van der Waals surface area (Å²) in [7, 11) is 0. The minimum Gasteiger partial charge on any atom is -0.374 e. The lowest BCUT2D eigenvalue weighted by Gasteiger charge is -2.50. The lowest BCUT2D eigenvalue weighted by atomic mass is 9.56. The van der Waals surface area contributed by atoms with Crippen molar-refractivity contribution in [3.63, 3.8) is 0 Å². The first kappa shape index (κ1) is 20.0. The Bertz CT molecular complexity index is 760. The van der Waals surface area contributed by atoms with Crippen molar-refractivity contribution >= 4 is 0 Å². The van der Waals surface area contributed by atoms with Gasteiger partial charge in [0.25, 0.3) is 0 Å². The molecule has 5 aliphatic carbocycles. The third kappa shape index (κ3) is 2.80. The molecule has 5 atom stereocenters. The Morgan fingerprint density at radius 1 is 1.13 bits per heavy atom. The third-order valence-electron chi connectivity index (χ3n) is 9.95. The Morgan fingerprint density at radius 3 is 2.83 bits per heavy atom. The fourth-order valence-electron chi connectivity index (χ4n) is 8.29. The first-order valence-electron chi connectivity index (χ1n) is 12.9. The van der Waals surface area contributed by atoms with Crippen LogP contribution in [0.2, 0.25) is 0 Å². The number of ether oxygens (including phenoxy) is 3. The van der Waals surface area contributed by atoms with Gasteiger partial charge in [0.05, 0.1) is 18.8 Å². The summed E-state index contributed by atoms with van der Waals surface area (Å²) in [5, 5.41) is 0. The molecule has 3 fully saturated rings. The van der Waals surface area contributed by atoms with Crippen molar-refractivity contribution in [3.05, 3.63) is 22.8 Å². The maximum atomic E-state index is 6.76. The molecule has 0 aromatic rings. The van der Waals surface area contributed by atoms with Gasteiger partial charge < -0.3 is 14.2 Å². The highest BCUT2D eigenvalue weighted by molar-refractivity contribution is 5.46. The molecule has 0 bridgehead atoms. The molecule has 30 heavy (non-hydrogen) atoms. The van der Waals surface area contributed by atoms with Crippen LogP contribution in [0.1, 0.15) is 90.9 Å². The molecule has 6 aliphatic rings. The zero-order valence-corrected chi connectivity index (χ0v) is 19.1. The number of hydrogen-bond donors (Lipinski definition) is 0. The van der Waals surface area contributed by atoms with Crippen LogP contribution in [0.5, 0.6) is 0 Å². The highest BCUT2D eigenvalue weighted by Gasteiger charge is 2.74. The number of rotatable bonds is 6. The van der Waals surface area contributed by atoms with E-state index >= 15 is 0 Å². The number of allylic oxidation sites excluding steroid dienone is 3. The second kappa shape index (κ2) is 7.18. The van der Waals surface area contributed by atoms with Crippen LogP contribution < -0.4 is 0 Å². The van der Waals surface area contributed by atoms with E-state index in [1.54, 1.807) is 16.7 Å². The highest BCUT2D eigenvalue weighted by Crippen LogP contribution is 2.75. The topological polar surface area (TPSA) is 27.7 Å². The van der Waals surface area contributed by atoms with Crippen molar-refractivity contribution in [1.29, 1.82) is 0 Å². The van der Waals surface area contributed by atoms with Gasteiger partial charge in [-0.3, -0.25) is 0 Å². The van der Waals surface area contributed by atoms with Crippen LogP contribution in [-0.2, 0) is 14.2 Å². The van der Waals surface area contributed by atoms with Crippen LogP contribution >= 0.6 is 0 Å². The average molecular weight is 413 g/mol. The summed E-state index contributed by atoms with van der Waals surface area (Å²) in [5.74, 6) is 2.16. The first-order chi connectivity index (χ1) is 14.6. The molecule has 0 unspecified atom stereocenters. The van der Waals surface area contributed by atoms with Crippen molar-refractivity contribution in [2.75, 3.05) is 19.8 Å². The molecule has 6 rings (SSSR count). The number of hydrogen-bond acceptors (Lipinski definition) is 3. The van der Waals surface area contributed by atoms with Gasteiger partial charge in [-0.05, 0) is 73.8 Å². The highest BCUT2D eigenvalue weighted by atomic mass is 16.7. The van der Waals surface area contributed by atoms with E-state index in [9.17, 15) is 0 Å². The summed E-state index contributed by atoms with van der Waals surface area (Å²) in [6.07, 6.45) is 17.7. The van der Waals surface area contributed by atoms with Gasteiger partial charge in [0.1, 0.15) is 0 Å². The van der Waals surface area contributed by atoms with Gasteiger partial charge >= 0.3 is 0 Å². The van der Waals surface area contributed by atoms with E-state index in [-0.39, 0.29) is 11.4 Å². The predicted octanol–water partition coefficient (Wildman–Crippen LogP) is 6.33. The third-order valence-corrected chi connectivity index (χ3v) is 9.95. The van der Waals surface area contributed by atoms with Gasteiger partial charge in [-0.2, -0.15) is 0 Å². The van der Waals surface area contributed by atoms with Crippen LogP contribution in [0.3, 0.4) is 0 Å². The summed E-state index contributed by atoms with van der Waals surface area (Å²) < 4.78 is 18.9. The molecular formula is C27H40O3. The summed E-state index contributed by atoms with van der Waals surface area (Å²) in [6.45, 7) is 7.41. The summed E-state index contributed by atoms with van der Waals surface area (Å²) in [6, 6.07) is 0. The van der Waals surface area contributed by atoms with E-state index in [2.05, 4.69) is 19.9 Å². The zero-order valence-electron chi connectivity index (χ0n) is 19.1. The molecule has 0 radical (unpaired) electrons. The second-order valence-electron chi connectivity index (χ2n) is 11.3.